The van der Waals surface area contributed by atoms with Crippen LogP contribution in [0.5, 0.6) is 0 Å². The van der Waals surface area contributed by atoms with E-state index in [-0.39, 0.29) is 6.61 Å². The Balaban J connectivity index is 0.000000477. The van der Waals surface area contributed by atoms with Gasteiger partial charge < -0.3 is 28.8 Å². The number of esters is 2. The van der Waals surface area contributed by atoms with Crippen LogP contribution in [0.1, 0.15) is 20.7 Å². The lowest BCUT2D eigenvalue weighted by Gasteiger charge is -2.03. The van der Waals surface area contributed by atoms with Crippen molar-refractivity contribution in [1.29, 1.82) is 0 Å². The highest BCUT2D eigenvalue weighted by Gasteiger charge is 2.09. The van der Waals surface area contributed by atoms with Crippen LogP contribution in [0.25, 0.3) is 0 Å². The highest BCUT2D eigenvalue weighted by Crippen LogP contribution is 2.07. The Morgan fingerprint density at radius 3 is 1.76 bits per heavy atom. The predicted octanol–water partition coefficient (Wildman–Crippen LogP) is 0.918. The number of hydrogen-bond acceptors (Lipinski definition) is 8. The molecule has 0 aromatic heterocycles. The second-order valence-corrected chi connectivity index (χ2v) is 4.51. The number of aliphatic hydroxyl groups excluding tert-OH is 1. The first-order valence-electron chi connectivity index (χ1n) is 7.62. The molecule has 0 saturated carbocycles. The van der Waals surface area contributed by atoms with Gasteiger partial charge in [0.1, 0.15) is 0 Å². The van der Waals surface area contributed by atoms with Crippen LogP contribution in [0.2, 0.25) is 0 Å². The Kier molecular flexibility index (Phi) is 14.3. The minimum atomic E-state index is -0.476. The van der Waals surface area contributed by atoms with Gasteiger partial charge in [-0.3, -0.25) is 0 Å². The molecular formula is C17H26O8. The quantitative estimate of drug-likeness (QED) is 0.487. The maximum atomic E-state index is 11.1. The molecule has 0 bridgehead atoms. The summed E-state index contributed by atoms with van der Waals surface area (Å²) in [5.74, 6) is -0.952. The third-order valence-corrected chi connectivity index (χ3v) is 2.74. The van der Waals surface area contributed by atoms with Crippen molar-refractivity contribution < 1.29 is 38.4 Å². The molecular weight excluding hydrogens is 332 g/mol. The van der Waals surface area contributed by atoms with Crippen molar-refractivity contribution >= 4 is 11.9 Å². The van der Waals surface area contributed by atoms with Crippen LogP contribution in [0.15, 0.2) is 24.3 Å². The summed E-state index contributed by atoms with van der Waals surface area (Å²) in [7, 11) is 4.20. The molecule has 1 aromatic rings. The Bertz CT molecular complexity index is 450. The summed E-state index contributed by atoms with van der Waals surface area (Å²) in [4.78, 5) is 22.2. The van der Waals surface area contributed by atoms with Gasteiger partial charge in [0, 0.05) is 7.11 Å². The number of aliphatic hydroxyl groups is 1. The summed E-state index contributed by atoms with van der Waals surface area (Å²) in [6.45, 7) is 2.75. The topological polar surface area (TPSA) is 101 Å². The number of methoxy groups -OCH3 is 3. The van der Waals surface area contributed by atoms with E-state index in [2.05, 4.69) is 9.47 Å². The summed E-state index contributed by atoms with van der Waals surface area (Å²) in [6, 6.07) is 6.16. The number of carbonyl (C=O) groups is 2. The first-order valence-corrected chi connectivity index (χ1v) is 7.62. The molecule has 0 heterocycles. The Morgan fingerprint density at radius 1 is 0.840 bits per heavy atom. The molecule has 0 spiro atoms. The van der Waals surface area contributed by atoms with E-state index in [1.807, 2.05) is 0 Å². The fraction of sp³-hybridized carbons (Fsp3) is 0.529. The SMILES string of the molecule is COC(=O)c1cccc(C(=O)OC)c1.COCCOCCOCCO. The van der Waals surface area contributed by atoms with Crippen LogP contribution < -0.4 is 0 Å². The Hall–Kier alpha value is -2.00. The minimum absolute atomic E-state index is 0.0675. The van der Waals surface area contributed by atoms with Gasteiger partial charge in [-0.1, -0.05) is 6.07 Å². The van der Waals surface area contributed by atoms with Crippen LogP contribution in [0, 0.1) is 0 Å². The zero-order chi connectivity index (χ0) is 18.9. The van der Waals surface area contributed by atoms with Gasteiger partial charge in [-0.05, 0) is 18.2 Å². The molecule has 8 heteroatoms. The van der Waals surface area contributed by atoms with Gasteiger partial charge in [0.15, 0.2) is 0 Å². The van der Waals surface area contributed by atoms with Gasteiger partial charge >= 0.3 is 11.9 Å². The molecule has 0 unspecified atom stereocenters. The standard InChI is InChI=1S/C10H10O4.C7H16O4/c1-13-9(11)7-4-3-5-8(6-7)10(12)14-2;1-9-4-5-11-7-6-10-3-2-8/h3-6H,1-2H3;8H,2-7H2,1H3. The van der Waals surface area contributed by atoms with E-state index < -0.39 is 11.9 Å². The molecule has 0 amide bonds. The second-order valence-electron chi connectivity index (χ2n) is 4.51. The third-order valence-electron chi connectivity index (χ3n) is 2.74. The van der Waals surface area contributed by atoms with E-state index in [9.17, 15) is 9.59 Å². The lowest BCUT2D eigenvalue weighted by atomic mass is 10.1. The highest BCUT2D eigenvalue weighted by atomic mass is 16.5. The van der Waals surface area contributed by atoms with E-state index in [1.165, 1.54) is 20.3 Å². The van der Waals surface area contributed by atoms with Crippen molar-refractivity contribution in [3.63, 3.8) is 0 Å². The van der Waals surface area contributed by atoms with Gasteiger partial charge in [0.25, 0.3) is 0 Å². The molecule has 1 aromatic carbocycles. The van der Waals surface area contributed by atoms with Gasteiger partial charge in [0.05, 0.1) is 65.0 Å². The van der Waals surface area contributed by atoms with Crippen LogP contribution in [0.3, 0.4) is 0 Å². The molecule has 0 fully saturated rings. The average molecular weight is 358 g/mol. The van der Waals surface area contributed by atoms with Gasteiger partial charge in [-0.25, -0.2) is 9.59 Å². The predicted molar refractivity (Wildman–Crippen MR) is 89.7 cm³/mol. The van der Waals surface area contributed by atoms with E-state index in [4.69, 9.17) is 19.3 Å². The highest BCUT2D eigenvalue weighted by molar-refractivity contribution is 5.95. The molecule has 1 N–H and O–H groups in total. The summed E-state index contributed by atoms with van der Waals surface area (Å²) >= 11 is 0. The smallest absolute Gasteiger partial charge is 0.337 e. The maximum absolute atomic E-state index is 11.1. The molecule has 0 aliphatic carbocycles. The summed E-state index contributed by atoms with van der Waals surface area (Å²) < 4.78 is 23.8. The molecule has 0 aliphatic rings. The molecule has 0 radical (unpaired) electrons. The van der Waals surface area contributed by atoms with Gasteiger partial charge in [-0.15, -0.1) is 0 Å². The first-order chi connectivity index (χ1) is 12.1. The van der Waals surface area contributed by atoms with E-state index in [0.29, 0.717) is 44.2 Å². The molecule has 0 saturated heterocycles. The third kappa shape index (κ3) is 11.2. The average Bonchev–Trinajstić information content (AvgIpc) is 2.66. The Labute approximate surface area is 147 Å². The second kappa shape index (κ2) is 15.5. The number of carbonyl (C=O) groups excluding carboxylic acids is 2. The summed E-state index contributed by atoms with van der Waals surface area (Å²) in [5.41, 5.74) is 0.658. The molecule has 8 nitrogen and oxygen atoms in total. The molecule has 1 rings (SSSR count). The lowest BCUT2D eigenvalue weighted by Crippen LogP contribution is -2.09. The van der Waals surface area contributed by atoms with Crippen molar-refractivity contribution in [2.75, 3.05) is 61.0 Å². The monoisotopic (exact) mass is 358 g/mol. The summed E-state index contributed by atoms with van der Waals surface area (Å²) in [6.07, 6.45) is 0. The van der Waals surface area contributed by atoms with Crippen molar-refractivity contribution in [3.8, 4) is 0 Å². The lowest BCUT2D eigenvalue weighted by molar-refractivity contribution is 0.0159. The number of benzene rings is 1. The van der Waals surface area contributed by atoms with E-state index in [0.717, 1.165) is 0 Å². The number of hydrogen-bond donors (Lipinski definition) is 1. The molecule has 0 aliphatic heterocycles. The van der Waals surface area contributed by atoms with Crippen molar-refractivity contribution in [2.45, 2.75) is 0 Å². The zero-order valence-electron chi connectivity index (χ0n) is 14.9. The normalized spacial score (nSPS) is 9.76. The largest absolute Gasteiger partial charge is 0.465 e. The zero-order valence-corrected chi connectivity index (χ0v) is 14.9. The van der Waals surface area contributed by atoms with Crippen molar-refractivity contribution in [3.05, 3.63) is 35.4 Å². The van der Waals surface area contributed by atoms with E-state index in [1.54, 1.807) is 25.3 Å². The van der Waals surface area contributed by atoms with Crippen LogP contribution in [-0.2, 0) is 23.7 Å². The van der Waals surface area contributed by atoms with Crippen LogP contribution in [0.4, 0.5) is 0 Å². The van der Waals surface area contributed by atoms with Gasteiger partial charge in [-0.2, -0.15) is 0 Å². The number of rotatable bonds is 10. The van der Waals surface area contributed by atoms with E-state index >= 15 is 0 Å². The fourth-order valence-corrected chi connectivity index (χ4v) is 1.54. The van der Waals surface area contributed by atoms with Crippen LogP contribution in [-0.4, -0.2) is 78.0 Å². The Morgan fingerprint density at radius 2 is 1.32 bits per heavy atom. The van der Waals surface area contributed by atoms with Gasteiger partial charge in [0.2, 0.25) is 0 Å². The van der Waals surface area contributed by atoms with Crippen molar-refractivity contribution in [1.82, 2.24) is 0 Å². The molecule has 142 valence electrons. The van der Waals surface area contributed by atoms with Crippen LogP contribution >= 0.6 is 0 Å². The molecule has 25 heavy (non-hydrogen) atoms. The number of ether oxygens (including phenoxy) is 5. The minimum Gasteiger partial charge on any atom is -0.465 e. The molecule has 0 atom stereocenters. The summed E-state index contributed by atoms with van der Waals surface area (Å²) in [5, 5.41) is 8.32. The van der Waals surface area contributed by atoms with Crippen molar-refractivity contribution in [2.24, 2.45) is 0 Å². The maximum Gasteiger partial charge on any atom is 0.337 e. The fourth-order valence-electron chi connectivity index (χ4n) is 1.54. The first kappa shape index (κ1) is 23.0.